The van der Waals surface area contributed by atoms with Gasteiger partial charge in [-0.05, 0) is 20.8 Å². The van der Waals surface area contributed by atoms with Gasteiger partial charge in [0.2, 0.25) is 0 Å². The molecule has 0 radical (unpaired) electrons. The summed E-state index contributed by atoms with van der Waals surface area (Å²) in [6.45, 7) is 8.17. The summed E-state index contributed by atoms with van der Waals surface area (Å²) in [6.07, 6.45) is 0. The van der Waals surface area contributed by atoms with Crippen LogP contribution in [0.15, 0.2) is 0 Å². The van der Waals surface area contributed by atoms with Gasteiger partial charge in [0, 0.05) is 12.1 Å². The van der Waals surface area contributed by atoms with E-state index in [-0.39, 0.29) is 11.0 Å². The molecule has 3 nitrogen and oxygen atoms in total. The van der Waals surface area contributed by atoms with Crippen LogP contribution < -0.4 is 5.32 Å². The van der Waals surface area contributed by atoms with E-state index in [2.05, 4.69) is 32.2 Å². The quantitative estimate of drug-likeness (QED) is 0.666. The Morgan fingerprint density at radius 1 is 1.50 bits per heavy atom. The van der Waals surface area contributed by atoms with Gasteiger partial charge in [-0.15, -0.1) is 0 Å². The topological polar surface area (TPSA) is 45.0 Å². The van der Waals surface area contributed by atoms with Crippen LogP contribution in [-0.4, -0.2) is 25.3 Å². The Hall–Kier alpha value is -0.590. The third-order valence-corrected chi connectivity index (χ3v) is 1.95. The summed E-state index contributed by atoms with van der Waals surface area (Å²) in [5, 5.41) is 12.2. The number of hydrogen-bond donors (Lipinski definition) is 1. The fraction of sp³-hybridized carbons (Fsp3) is 0.889. The Labute approximate surface area is 73.7 Å². The van der Waals surface area contributed by atoms with Gasteiger partial charge in [-0.25, -0.2) is 0 Å². The first-order valence-electron chi connectivity index (χ1n) is 4.22. The smallest absolute Gasteiger partial charge is 0.116 e. The highest BCUT2D eigenvalue weighted by molar-refractivity contribution is 5.05. The minimum atomic E-state index is -0.257. The first kappa shape index (κ1) is 9.50. The van der Waals surface area contributed by atoms with Gasteiger partial charge >= 0.3 is 0 Å². The number of rotatable bonds is 2. The third-order valence-electron chi connectivity index (χ3n) is 1.95. The van der Waals surface area contributed by atoms with Crippen molar-refractivity contribution in [1.29, 1.82) is 5.26 Å². The van der Waals surface area contributed by atoms with Gasteiger partial charge in [0.1, 0.15) is 5.41 Å². The molecule has 1 aliphatic heterocycles. The molecular weight excluding hydrogens is 152 g/mol. The van der Waals surface area contributed by atoms with Crippen molar-refractivity contribution in [3.63, 3.8) is 0 Å². The molecule has 12 heavy (non-hydrogen) atoms. The van der Waals surface area contributed by atoms with Gasteiger partial charge in [0.25, 0.3) is 0 Å². The van der Waals surface area contributed by atoms with E-state index in [4.69, 9.17) is 10.00 Å². The fourth-order valence-corrected chi connectivity index (χ4v) is 0.989. The van der Waals surface area contributed by atoms with Crippen LogP contribution in [0.1, 0.15) is 20.8 Å². The van der Waals surface area contributed by atoms with Crippen molar-refractivity contribution in [3.05, 3.63) is 0 Å². The summed E-state index contributed by atoms with van der Waals surface area (Å²) >= 11 is 0. The van der Waals surface area contributed by atoms with Gasteiger partial charge in [-0.2, -0.15) is 5.26 Å². The van der Waals surface area contributed by atoms with E-state index in [0.717, 1.165) is 6.54 Å². The van der Waals surface area contributed by atoms with Crippen molar-refractivity contribution in [2.24, 2.45) is 5.41 Å². The molecule has 1 N–H and O–H groups in total. The van der Waals surface area contributed by atoms with Crippen molar-refractivity contribution in [2.75, 3.05) is 19.8 Å². The second-order valence-corrected chi connectivity index (χ2v) is 4.49. The number of hydrogen-bond acceptors (Lipinski definition) is 3. The van der Waals surface area contributed by atoms with Gasteiger partial charge in [-0.1, -0.05) is 0 Å². The van der Waals surface area contributed by atoms with Crippen molar-refractivity contribution in [2.45, 2.75) is 26.3 Å². The highest BCUT2D eigenvalue weighted by atomic mass is 16.5. The van der Waals surface area contributed by atoms with Crippen molar-refractivity contribution >= 4 is 0 Å². The number of ether oxygens (including phenoxy) is 1. The normalized spacial score (nSPS) is 21.2. The standard InChI is InChI=1S/C9H16N2O/c1-8(2,3)11-5-9(4-10)6-12-7-9/h11H,5-7H2,1-3H3. The molecule has 0 aliphatic carbocycles. The lowest BCUT2D eigenvalue weighted by molar-refractivity contribution is -0.0775. The second kappa shape index (κ2) is 3.04. The molecule has 0 atom stereocenters. The molecular formula is C9H16N2O. The molecule has 0 unspecified atom stereocenters. The van der Waals surface area contributed by atoms with Crippen LogP contribution in [0, 0.1) is 16.7 Å². The number of nitriles is 1. The zero-order chi connectivity index (χ0) is 9.24. The summed E-state index contributed by atoms with van der Waals surface area (Å²) in [5.74, 6) is 0. The lowest BCUT2D eigenvalue weighted by atomic mass is 9.87. The Balaban J connectivity index is 2.36. The van der Waals surface area contributed by atoms with E-state index in [1.54, 1.807) is 0 Å². The Morgan fingerprint density at radius 2 is 2.08 bits per heavy atom. The van der Waals surface area contributed by atoms with Crippen LogP contribution in [0.3, 0.4) is 0 Å². The first-order chi connectivity index (χ1) is 5.47. The molecule has 0 spiro atoms. The van der Waals surface area contributed by atoms with Gasteiger partial charge < -0.3 is 10.1 Å². The Bertz CT molecular complexity index is 196. The monoisotopic (exact) mass is 168 g/mol. The predicted octanol–water partition coefficient (Wildman–Crippen LogP) is 0.915. The van der Waals surface area contributed by atoms with E-state index in [0.29, 0.717) is 13.2 Å². The lowest BCUT2D eigenvalue weighted by Gasteiger charge is -2.37. The van der Waals surface area contributed by atoms with E-state index in [1.807, 2.05) is 0 Å². The maximum atomic E-state index is 8.86. The zero-order valence-electron chi connectivity index (χ0n) is 7.98. The number of nitrogens with zero attached hydrogens (tertiary/aromatic N) is 1. The molecule has 0 aromatic carbocycles. The van der Waals surface area contributed by atoms with Crippen LogP contribution in [-0.2, 0) is 4.74 Å². The molecule has 68 valence electrons. The van der Waals surface area contributed by atoms with Crippen LogP contribution in [0.5, 0.6) is 0 Å². The molecule has 0 amide bonds. The van der Waals surface area contributed by atoms with Crippen LogP contribution >= 0.6 is 0 Å². The van der Waals surface area contributed by atoms with E-state index >= 15 is 0 Å². The van der Waals surface area contributed by atoms with Crippen molar-refractivity contribution in [3.8, 4) is 6.07 Å². The fourth-order valence-electron chi connectivity index (χ4n) is 0.989. The summed E-state index contributed by atoms with van der Waals surface area (Å²) in [7, 11) is 0. The summed E-state index contributed by atoms with van der Waals surface area (Å²) < 4.78 is 5.03. The summed E-state index contributed by atoms with van der Waals surface area (Å²) in [4.78, 5) is 0. The summed E-state index contributed by atoms with van der Waals surface area (Å²) in [5.41, 5.74) is -0.174. The van der Waals surface area contributed by atoms with Crippen LogP contribution in [0.2, 0.25) is 0 Å². The summed E-state index contributed by atoms with van der Waals surface area (Å²) in [6, 6.07) is 2.30. The van der Waals surface area contributed by atoms with Crippen LogP contribution in [0.25, 0.3) is 0 Å². The van der Waals surface area contributed by atoms with Crippen LogP contribution in [0.4, 0.5) is 0 Å². The largest absolute Gasteiger partial charge is 0.378 e. The lowest BCUT2D eigenvalue weighted by Crippen LogP contribution is -2.52. The zero-order valence-corrected chi connectivity index (χ0v) is 7.98. The average molecular weight is 168 g/mol. The molecule has 0 aromatic rings. The van der Waals surface area contributed by atoms with E-state index in [9.17, 15) is 0 Å². The molecule has 1 heterocycles. The van der Waals surface area contributed by atoms with E-state index in [1.165, 1.54) is 0 Å². The van der Waals surface area contributed by atoms with Gasteiger partial charge in [0.05, 0.1) is 19.3 Å². The SMILES string of the molecule is CC(C)(C)NCC1(C#N)COC1. The molecule has 1 fully saturated rings. The predicted molar refractivity (Wildman–Crippen MR) is 46.6 cm³/mol. The van der Waals surface area contributed by atoms with Gasteiger partial charge in [0.15, 0.2) is 0 Å². The molecule has 0 saturated carbocycles. The maximum absolute atomic E-state index is 8.86. The highest BCUT2D eigenvalue weighted by Crippen LogP contribution is 2.25. The molecule has 3 heteroatoms. The van der Waals surface area contributed by atoms with E-state index < -0.39 is 0 Å². The Morgan fingerprint density at radius 3 is 2.33 bits per heavy atom. The maximum Gasteiger partial charge on any atom is 0.116 e. The molecule has 1 saturated heterocycles. The molecule has 1 rings (SSSR count). The minimum Gasteiger partial charge on any atom is -0.378 e. The molecule has 1 aliphatic rings. The molecule has 0 bridgehead atoms. The highest BCUT2D eigenvalue weighted by Gasteiger charge is 2.39. The number of nitrogens with one attached hydrogen (secondary N) is 1. The third kappa shape index (κ3) is 2.20. The van der Waals surface area contributed by atoms with Crippen molar-refractivity contribution < 1.29 is 4.74 Å². The average Bonchev–Trinajstić information content (AvgIpc) is 1.84. The molecule has 0 aromatic heterocycles. The minimum absolute atomic E-state index is 0.0828. The second-order valence-electron chi connectivity index (χ2n) is 4.49. The first-order valence-corrected chi connectivity index (χ1v) is 4.22. The van der Waals surface area contributed by atoms with Gasteiger partial charge in [-0.3, -0.25) is 0 Å². The van der Waals surface area contributed by atoms with Crippen molar-refractivity contribution in [1.82, 2.24) is 5.32 Å². The Kier molecular flexibility index (Phi) is 2.41.